The summed E-state index contributed by atoms with van der Waals surface area (Å²) in [5.41, 5.74) is 3.21. The first-order valence-corrected chi connectivity index (χ1v) is 7.66. The van der Waals surface area contributed by atoms with Crippen molar-refractivity contribution in [3.8, 4) is 5.75 Å². The van der Waals surface area contributed by atoms with Crippen molar-refractivity contribution in [1.82, 2.24) is 0 Å². The van der Waals surface area contributed by atoms with E-state index in [0.29, 0.717) is 17.1 Å². The van der Waals surface area contributed by atoms with Crippen LogP contribution in [-0.2, 0) is 5.75 Å². The van der Waals surface area contributed by atoms with E-state index in [1.54, 1.807) is 18.9 Å². The Bertz CT molecular complexity index is 593. The maximum Gasteiger partial charge on any atom is 0.176 e. The minimum absolute atomic E-state index is 0.112. The van der Waals surface area contributed by atoms with Crippen LogP contribution >= 0.6 is 11.8 Å². The maximum absolute atomic E-state index is 12.2. The van der Waals surface area contributed by atoms with Gasteiger partial charge in [0.1, 0.15) is 5.75 Å². The Morgan fingerprint density at radius 1 is 1.10 bits per heavy atom. The average Bonchev–Trinajstić information content (AvgIpc) is 2.49. The third-order valence-electron chi connectivity index (χ3n) is 3.16. The number of ketones is 1. The molecule has 0 saturated carbocycles. The molecule has 0 bridgehead atoms. The molecule has 3 heteroatoms. The standard InChI is InChI=1S/C17H18O2S/c1-13-7-3-4-8-14(13)11-20-12-16(18)15-9-5-6-10-17(15)19-2/h3-10H,11-12H2,1-2H3. The van der Waals surface area contributed by atoms with Crippen molar-refractivity contribution in [2.75, 3.05) is 12.9 Å². The van der Waals surface area contributed by atoms with E-state index in [1.165, 1.54) is 11.1 Å². The van der Waals surface area contributed by atoms with Crippen LogP contribution in [0.15, 0.2) is 48.5 Å². The Hall–Kier alpha value is -1.74. The normalized spacial score (nSPS) is 10.3. The molecule has 0 heterocycles. The molecule has 20 heavy (non-hydrogen) atoms. The fraction of sp³-hybridized carbons (Fsp3) is 0.235. The topological polar surface area (TPSA) is 26.3 Å². The molecule has 0 unspecified atom stereocenters. The van der Waals surface area contributed by atoms with Gasteiger partial charge in [-0.15, -0.1) is 11.8 Å². The van der Waals surface area contributed by atoms with Gasteiger partial charge in [0, 0.05) is 5.75 Å². The van der Waals surface area contributed by atoms with Crippen molar-refractivity contribution in [1.29, 1.82) is 0 Å². The number of methoxy groups -OCH3 is 1. The smallest absolute Gasteiger partial charge is 0.176 e. The highest BCUT2D eigenvalue weighted by molar-refractivity contribution is 7.99. The lowest BCUT2D eigenvalue weighted by Crippen LogP contribution is -2.05. The molecule has 0 aliphatic heterocycles. The van der Waals surface area contributed by atoms with E-state index in [4.69, 9.17) is 4.74 Å². The Kier molecular flexibility index (Phi) is 5.24. The lowest BCUT2D eigenvalue weighted by molar-refractivity contribution is 0.101. The molecule has 0 saturated heterocycles. The summed E-state index contributed by atoms with van der Waals surface area (Å²) < 4.78 is 5.22. The van der Waals surface area contributed by atoms with E-state index in [-0.39, 0.29) is 5.78 Å². The minimum atomic E-state index is 0.112. The van der Waals surface area contributed by atoms with Crippen LogP contribution in [0.4, 0.5) is 0 Å². The first-order chi connectivity index (χ1) is 9.72. The van der Waals surface area contributed by atoms with Crippen molar-refractivity contribution in [3.05, 3.63) is 65.2 Å². The lowest BCUT2D eigenvalue weighted by atomic mass is 10.1. The summed E-state index contributed by atoms with van der Waals surface area (Å²) >= 11 is 1.64. The van der Waals surface area contributed by atoms with Crippen LogP contribution in [0, 0.1) is 6.92 Å². The highest BCUT2D eigenvalue weighted by Gasteiger charge is 2.11. The zero-order valence-corrected chi connectivity index (χ0v) is 12.6. The molecule has 0 N–H and O–H groups in total. The minimum Gasteiger partial charge on any atom is -0.496 e. The first-order valence-electron chi connectivity index (χ1n) is 6.51. The summed E-state index contributed by atoms with van der Waals surface area (Å²) in [6.07, 6.45) is 0. The van der Waals surface area contributed by atoms with Crippen LogP contribution < -0.4 is 4.74 Å². The fourth-order valence-corrected chi connectivity index (χ4v) is 2.97. The number of hydrogen-bond acceptors (Lipinski definition) is 3. The van der Waals surface area contributed by atoms with Gasteiger partial charge in [-0.3, -0.25) is 4.79 Å². The van der Waals surface area contributed by atoms with Crippen LogP contribution in [0.2, 0.25) is 0 Å². The highest BCUT2D eigenvalue weighted by Crippen LogP contribution is 2.21. The zero-order valence-electron chi connectivity index (χ0n) is 11.8. The van der Waals surface area contributed by atoms with Gasteiger partial charge < -0.3 is 4.74 Å². The Morgan fingerprint density at radius 2 is 1.80 bits per heavy atom. The molecule has 2 nitrogen and oxygen atoms in total. The van der Waals surface area contributed by atoms with Crippen molar-refractivity contribution in [3.63, 3.8) is 0 Å². The van der Waals surface area contributed by atoms with Crippen LogP contribution in [-0.4, -0.2) is 18.6 Å². The van der Waals surface area contributed by atoms with E-state index >= 15 is 0 Å². The quantitative estimate of drug-likeness (QED) is 0.747. The zero-order chi connectivity index (χ0) is 14.4. The molecular weight excluding hydrogens is 268 g/mol. The molecule has 0 radical (unpaired) electrons. The van der Waals surface area contributed by atoms with Crippen molar-refractivity contribution < 1.29 is 9.53 Å². The second kappa shape index (κ2) is 7.15. The highest BCUT2D eigenvalue weighted by atomic mass is 32.2. The van der Waals surface area contributed by atoms with Crippen molar-refractivity contribution in [2.24, 2.45) is 0 Å². The predicted molar refractivity (Wildman–Crippen MR) is 84.7 cm³/mol. The van der Waals surface area contributed by atoms with Gasteiger partial charge in [0.2, 0.25) is 0 Å². The third kappa shape index (κ3) is 3.64. The van der Waals surface area contributed by atoms with Gasteiger partial charge in [0.25, 0.3) is 0 Å². The van der Waals surface area contributed by atoms with Gasteiger partial charge in [0.05, 0.1) is 18.4 Å². The Labute approximate surface area is 124 Å². The van der Waals surface area contributed by atoms with Gasteiger partial charge >= 0.3 is 0 Å². The van der Waals surface area contributed by atoms with Gasteiger partial charge in [-0.25, -0.2) is 0 Å². The summed E-state index contributed by atoms with van der Waals surface area (Å²) in [5.74, 6) is 2.08. The van der Waals surface area contributed by atoms with Crippen LogP contribution in [0.3, 0.4) is 0 Å². The fourth-order valence-electron chi connectivity index (χ4n) is 1.98. The number of ether oxygens (including phenoxy) is 1. The summed E-state index contributed by atoms with van der Waals surface area (Å²) in [5, 5.41) is 0. The Balaban J connectivity index is 1.94. The van der Waals surface area contributed by atoms with Gasteiger partial charge in [-0.1, -0.05) is 36.4 Å². The number of para-hydroxylation sites is 1. The van der Waals surface area contributed by atoms with E-state index < -0.39 is 0 Å². The number of benzene rings is 2. The lowest BCUT2D eigenvalue weighted by Gasteiger charge is -2.08. The predicted octanol–water partition coefficient (Wildman–Crippen LogP) is 4.12. The molecule has 0 atom stereocenters. The SMILES string of the molecule is COc1ccccc1C(=O)CSCc1ccccc1C. The monoisotopic (exact) mass is 286 g/mol. The molecule has 2 aromatic carbocycles. The summed E-state index contributed by atoms with van der Waals surface area (Å²) in [6, 6.07) is 15.6. The van der Waals surface area contributed by atoms with Crippen LogP contribution in [0.25, 0.3) is 0 Å². The molecule has 2 rings (SSSR count). The number of thioether (sulfide) groups is 1. The van der Waals surface area contributed by atoms with E-state index in [2.05, 4.69) is 19.1 Å². The first kappa shape index (κ1) is 14.7. The molecular formula is C17H18O2S. The number of carbonyl (C=O) groups is 1. The molecule has 0 amide bonds. The summed E-state index contributed by atoms with van der Waals surface area (Å²) in [6.45, 7) is 2.10. The number of rotatable bonds is 6. The van der Waals surface area contributed by atoms with Gasteiger partial charge in [0.15, 0.2) is 5.78 Å². The van der Waals surface area contributed by atoms with Crippen molar-refractivity contribution >= 4 is 17.5 Å². The van der Waals surface area contributed by atoms with Gasteiger partial charge in [-0.2, -0.15) is 0 Å². The second-order valence-electron chi connectivity index (χ2n) is 4.54. The van der Waals surface area contributed by atoms with Crippen LogP contribution in [0.1, 0.15) is 21.5 Å². The molecule has 0 aromatic heterocycles. The van der Waals surface area contributed by atoms with E-state index in [9.17, 15) is 4.79 Å². The summed E-state index contributed by atoms with van der Waals surface area (Å²) in [7, 11) is 1.59. The molecule has 2 aromatic rings. The third-order valence-corrected chi connectivity index (χ3v) is 4.14. The number of Topliss-reactive ketones (excluding diaryl/α,β-unsaturated/α-hetero) is 1. The molecule has 0 aliphatic carbocycles. The second-order valence-corrected chi connectivity index (χ2v) is 5.53. The van der Waals surface area contributed by atoms with Crippen molar-refractivity contribution in [2.45, 2.75) is 12.7 Å². The summed E-state index contributed by atoms with van der Waals surface area (Å²) in [4.78, 5) is 12.2. The number of carbonyl (C=O) groups excluding carboxylic acids is 1. The molecule has 104 valence electrons. The number of hydrogen-bond donors (Lipinski definition) is 0. The largest absolute Gasteiger partial charge is 0.496 e. The van der Waals surface area contributed by atoms with E-state index in [0.717, 1.165) is 5.75 Å². The van der Waals surface area contributed by atoms with E-state index in [1.807, 2.05) is 36.4 Å². The van der Waals surface area contributed by atoms with Gasteiger partial charge in [-0.05, 0) is 30.2 Å². The average molecular weight is 286 g/mol. The maximum atomic E-state index is 12.2. The molecule has 0 spiro atoms. The number of aryl methyl sites for hydroxylation is 1. The molecule has 0 fully saturated rings. The Morgan fingerprint density at radius 3 is 2.55 bits per heavy atom. The molecule has 0 aliphatic rings. The van der Waals surface area contributed by atoms with Crippen LogP contribution in [0.5, 0.6) is 5.75 Å².